The van der Waals surface area contributed by atoms with Crippen molar-refractivity contribution in [3.8, 4) is 0 Å². The molecule has 144 valence electrons. The SMILES string of the molecule is O=C(O)c1ccnc(N2CCC(C(=O)N3N=CC[C@H]3c3ccccc3)CC2)n1. The molecule has 2 aliphatic heterocycles. The van der Waals surface area contributed by atoms with Crippen molar-refractivity contribution in [1.82, 2.24) is 15.0 Å². The lowest BCUT2D eigenvalue weighted by atomic mass is 9.94. The smallest absolute Gasteiger partial charge is 0.354 e. The maximum atomic E-state index is 13.1. The van der Waals surface area contributed by atoms with Gasteiger partial charge in [-0.15, -0.1) is 0 Å². The molecule has 0 aliphatic carbocycles. The highest BCUT2D eigenvalue weighted by Crippen LogP contribution is 2.32. The average molecular weight is 379 g/mol. The van der Waals surface area contributed by atoms with E-state index in [1.165, 1.54) is 12.3 Å². The molecule has 1 aromatic carbocycles. The van der Waals surface area contributed by atoms with Gasteiger partial charge < -0.3 is 10.0 Å². The first-order valence-electron chi connectivity index (χ1n) is 9.35. The summed E-state index contributed by atoms with van der Waals surface area (Å²) in [6.07, 6.45) is 5.30. The Morgan fingerprint density at radius 1 is 1.07 bits per heavy atom. The molecule has 3 heterocycles. The molecule has 28 heavy (non-hydrogen) atoms. The van der Waals surface area contributed by atoms with Crippen LogP contribution in [0, 0.1) is 5.92 Å². The Morgan fingerprint density at radius 3 is 2.54 bits per heavy atom. The number of carboxylic acid groups (broad SMARTS) is 1. The normalized spacial score (nSPS) is 19.8. The summed E-state index contributed by atoms with van der Waals surface area (Å²) >= 11 is 0. The summed E-state index contributed by atoms with van der Waals surface area (Å²) in [6.45, 7) is 1.21. The number of piperidine rings is 1. The molecule has 1 aromatic heterocycles. The molecule has 1 atom stereocenters. The minimum atomic E-state index is -1.08. The summed E-state index contributed by atoms with van der Waals surface area (Å²) in [5.74, 6) is -0.748. The first-order chi connectivity index (χ1) is 13.6. The Hall–Kier alpha value is -3.29. The largest absolute Gasteiger partial charge is 0.477 e. The van der Waals surface area contributed by atoms with Crippen molar-refractivity contribution in [2.45, 2.75) is 25.3 Å². The molecule has 4 rings (SSSR count). The van der Waals surface area contributed by atoms with Gasteiger partial charge in [0.05, 0.1) is 6.04 Å². The van der Waals surface area contributed by atoms with Gasteiger partial charge in [-0.3, -0.25) is 4.79 Å². The fraction of sp³-hybridized carbons (Fsp3) is 0.350. The minimum absolute atomic E-state index is 0.0275. The Kier molecular flexibility index (Phi) is 5.01. The predicted octanol–water partition coefficient (Wildman–Crippen LogP) is 2.35. The molecule has 0 bridgehead atoms. The second-order valence-corrected chi connectivity index (χ2v) is 6.95. The van der Waals surface area contributed by atoms with E-state index in [-0.39, 0.29) is 23.6 Å². The number of hydrogen-bond donors (Lipinski definition) is 1. The topological polar surface area (TPSA) is 99.0 Å². The van der Waals surface area contributed by atoms with E-state index < -0.39 is 5.97 Å². The Morgan fingerprint density at radius 2 is 1.82 bits per heavy atom. The van der Waals surface area contributed by atoms with E-state index >= 15 is 0 Å². The lowest BCUT2D eigenvalue weighted by Gasteiger charge is -2.33. The summed E-state index contributed by atoms with van der Waals surface area (Å²) in [5, 5.41) is 15.0. The molecule has 0 saturated carbocycles. The van der Waals surface area contributed by atoms with Gasteiger partial charge in [0.2, 0.25) is 11.9 Å². The summed E-state index contributed by atoms with van der Waals surface area (Å²) < 4.78 is 0. The second kappa shape index (κ2) is 7.75. The number of aromatic carboxylic acids is 1. The van der Waals surface area contributed by atoms with E-state index in [0.29, 0.717) is 31.9 Å². The van der Waals surface area contributed by atoms with Gasteiger partial charge in [-0.05, 0) is 24.5 Å². The maximum absolute atomic E-state index is 13.1. The zero-order valence-electron chi connectivity index (χ0n) is 15.3. The molecule has 1 amide bonds. The van der Waals surface area contributed by atoms with Crippen molar-refractivity contribution < 1.29 is 14.7 Å². The quantitative estimate of drug-likeness (QED) is 0.875. The van der Waals surface area contributed by atoms with Crippen molar-refractivity contribution in [1.29, 1.82) is 0 Å². The number of aromatic nitrogens is 2. The van der Waals surface area contributed by atoms with E-state index in [0.717, 1.165) is 12.0 Å². The van der Waals surface area contributed by atoms with E-state index in [2.05, 4.69) is 15.1 Å². The molecule has 8 heteroatoms. The van der Waals surface area contributed by atoms with Crippen LogP contribution < -0.4 is 4.90 Å². The molecule has 1 saturated heterocycles. The lowest BCUT2D eigenvalue weighted by molar-refractivity contribution is -0.138. The van der Waals surface area contributed by atoms with Gasteiger partial charge >= 0.3 is 5.97 Å². The molecule has 0 radical (unpaired) electrons. The van der Waals surface area contributed by atoms with Crippen molar-refractivity contribution in [2.75, 3.05) is 18.0 Å². The van der Waals surface area contributed by atoms with Gasteiger partial charge in [0, 0.05) is 37.8 Å². The highest BCUT2D eigenvalue weighted by molar-refractivity contribution is 5.85. The van der Waals surface area contributed by atoms with Gasteiger partial charge in [-0.2, -0.15) is 5.10 Å². The van der Waals surface area contributed by atoms with Crippen LogP contribution in [0.3, 0.4) is 0 Å². The number of benzene rings is 1. The zero-order valence-corrected chi connectivity index (χ0v) is 15.3. The number of carboxylic acids is 1. The monoisotopic (exact) mass is 379 g/mol. The Balaban J connectivity index is 1.41. The molecule has 8 nitrogen and oxygen atoms in total. The number of anilines is 1. The van der Waals surface area contributed by atoms with E-state index in [9.17, 15) is 9.59 Å². The standard InChI is InChI=1S/C20H21N5O3/c26-18(25-17(7-11-22-25)14-4-2-1-3-5-14)15-8-12-24(13-9-15)20-21-10-6-16(23-20)19(27)28/h1-6,10-11,15,17H,7-9,12-13H2,(H,27,28)/t17-/m0/s1. The Labute approximate surface area is 162 Å². The van der Waals surface area contributed by atoms with E-state index in [1.54, 1.807) is 11.2 Å². The molecular weight excluding hydrogens is 358 g/mol. The summed E-state index contributed by atoms with van der Waals surface area (Å²) in [7, 11) is 0. The third-order valence-electron chi connectivity index (χ3n) is 5.23. The summed E-state index contributed by atoms with van der Waals surface area (Å²) in [4.78, 5) is 34.4. The number of rotatable bonds is 4. The van der Waals surface area contributed by atoms with Crippen LogP contribution in [0.15, 0.2) is 47.7 Å². The maximum Gasteiger partial charge on any atom is 0.354 e. The van der Waals surface area contributed by atoms with Gasteiger partial charge in [0.15, 0.2) is 5.69 Å². The summed E-state index contributed by atoms with van der Waals surface area (Å²) in [6, 6.07) is 11.3. The average Bonchev–Trinajstić information content (AvgIpc) is 3.24. The van der Waals surface area contributed by atoms with E-state index in [1.807, 2.05) is 35.2 Å². The highest BCUT2D eigenvalue weighted by atomic mass is 16.4. The first-order valence-corrected chi connectivity index (χ1v) is 9.35. The molecule has 0 spiro atoms. The molecule has 2 aromatic rings. The van der Waals surface area contributed by atoms with E-state index in [4.69, 9.17) is 5.11 Å². The van der Waals surface area contributed by atoms with Crippen LogP contribution in [0.25, 0.3) is 0 Å². The van der Waals surface area contributed by atoms with Gasteiger partial charge in [-0.25, -0.2) is 19.8 Å². The van der Waals surface area contributed by atoms with Crippen LogP contribution in [0.2, 0.25) is 0 Å². The fourth-order valence-electron chi connectivity index (χ4n) is 3.71. The first kappa shape index (κ1) is 18.1. The number of hydrogen-bond acceptors (Lipinski definition) is 6. The highest BCUT2D eigenvalue weighted by Gasteiger charge is 2.35. The number of hydrazone groups is 1. The molecule has 1 fully saturated rings. The van der Waals surface area contributed by atoms with Gasteiger partial charge in [-0.1, -0.05) is 30.3 Å². The Bertz CT molecular complexity index is 894. The van der Waals surface area contributed by atoms with Crippen LogP contribution in [0.5, 0.6) is 0 Å². The third-order valence-corrected chi connectivity index (χ3v) is 5.23. The second-order valence-electron chi connectivity index (χ2n) is 6.95. The predicted molar refractivity (Wildman–Crippen MR) is 103 cm³/mol. The molecular formula is C20H21N5O3. The number of carbonyl (C=O) groups excluding carboxylic acids is 1. The lowest BCUT2D eigenvalue weighted by Crippen LogP contribution is -2.41. The van der Waals surface area contributed by atoms with Gasteiger partial charge in [0.1, 0.15) is 0 Å². The molecule has 1 N–H and O–H groups in total. The molecule has 2 aliphatic rings. The third kappa shape index (κ3) is 3.58. The van der Waals surface area contributed by atoms with Crippen molar-refractivity contribution >= 4 is 24.0 Å². The summed E-state index contributed by atoms with van der Waals surface area (Å²) in [5.41, 5.74) is 1.06. The van der Waals surface area contributed by atoms with Crippen LogP contribution in [-0.2, 0) is 4.79 Å². The number of amides is 1. The number of carbonyl (C=O) groups is 2. The van der Waals surface area contributed by atoms with Crippen LogP contribution in [0.4, 0.5) is 5.95 Å². The van der Waals surface area contributed by atoms with Crippen LogP contribution in [-0.4, -0.2) is 51.3 Å². The van der Waals surface area contributed by atoms with Crippen LogP contribution >= 0.6 is 0 Å². The van der Waals surface area contributed by atoms with Crippen molar-refractivity contribution in [3.05, 3.63) is 53.9 Å². The van der Waals surface area contributed by atoms with Crippen LogP contribution in [0.1, 0.15) is 41.4 Å². The fourth-order valence-corrected chi connectivity index (χ4v) is 3.71. The zero-order chi connectivity index (χ0) is 19.5. The van der Waals surface area contributed by atoms with Crippen molar-refractivity contribution in [2.24, 2.45) is 11.0 Å². The number of nitrogens with zero attached hydrogens (tertiary/aromatic N) is 5. The minimum Gasteiger partial charge on any atom is -0.477 e. The molecule has 0 unspecified atom stereocenters. The van der Waals surface area contributed by atoms with Gasteiger partial charge in [0.25, 0.3) is 0 Å². The van der Waals surface area contributed by atoms with Crippen molar-refractivity contribution in [3.63, 3.8) is 0 Å².